The fourth-order valence-corrected chi connectivity index (χ4v) is 7.69. The number of hydrogen-bond donors (Lipinski definition) is 0. The van der Waals surface area contributed by atoms with Gasteiger partial charge in [0.05, 0.1) is 0 Å². The van der Waals surface area contributed by atoms with Gasteiger partial charge in [0.2, 0.25) is 0 Å². The van der Waals surface area contributed by atoms with E-state index in [1.165, 1.54) is 66.9 Å². The van der Waals surface area contributed by atoms with Crippen LogP contribution in [0, 0.1) is 0 Å². The summed E-state index contributed by atoms with van der Waals surface area (Å²) in [4.78, 5) is 2.43. The van der Waals surface area contributed by atoms with E-state index in [4.69, 9.17) is 0 Å². The second-order valence-corrected chi connectivity index (χ2v) is 15.1. The molecule has 0 amide bonds. The summed E-state index contributed by atoms with van der Waals surface area (Å²) in [6, 6.07) is 62.3. The van der Waals surface area contributed by atoms with Gasteiger partial charge in [-0.3, -0.25) is 0 Å². The molecule has 0 aromatic heterocycles. The Morgan fingerprint density at radius 3 is 1.44 bits per heavy atom. The van der Waals surface area contributed by atoms with Gasteiger partial charge in [0.1, 0.15) is 0 Å². The van der Waals surface area contributed by atoms with Gasteiger partial charge >= 0.3 is 0 Å². The van der Waals surface area contributed by atoms with Gasteiger partial charge in [0.15, 0.2) is 0 Å². The molecule has 0 saturated carbocycles. The molecule has 0 unspecified atom stereocenters. The SMILES string of the molecule is CC(C)(C)c1cc(-c2ccccc2)ccc1N(c1ccc(-c2ccccc2)cc1)c1ccc(-c2ccc3c(c2)C(C)(C)c2ccccc2-3)cc1. The molecule has 50 heavy (non-hydrogen) atoms. The van der Waals surface area contributed by atoms with Gasteiger partial charge in [-0.2, -0.15) is 0 Å². The van der Waals surface area contributed by atoms with Crippen LogP contribution in [0.3, 0.4) is 0 Å². The van der Waals surface area contributed by atoms with E-state index in [0.29, 0.717) is 0 Å². The summed E-state index contributed by atoms with van der Waals surface area (Å²) in [6.07, 6.45) is 0. The average molecular weight is 646 g/mol. The fourth-order valence-electron chi connectivity index (χ4n) is 7.69. The van der Waals surface area contributed by atoms with Gasteiger partial charge in [0, 0.05) is 22.5 Å². The Kier molecular flexibility index (Phi) is 7.80. The number of fused-ring (bicyclic) bond motifs is 3. The molecule has 0 heterocycles. The smallest absolute Gasteiger partial charge is 0.0499 e. The van der Waals surface area contributed by atoms with Gasteiger partial charge < -0.3 is 4.90 Å². The van der Waals surface area contributed by atoms with Crippen LogP contribution in [0.15, 0.2) is 170 Å². The normalized spacial score (nSPS) is 13.1. The molecular formula is C49H43N. The van der Waals surface area contributed by atoms with Crippen molar-refractivity contribution in [2.75, 3.05) is 4.90 Å². The van der Waals surface area contributed by atoms with Crippen LogP contribution in [-0.2, 0) is 10.8 Å². The Morgan fingerprint density at radius 1 is 0.400 bits per heavy atom. The van der Waals surface area contributed by atoms with Crippen molar-refractivity contribution in [3.8, 4) is 44.5 Å². The zero-order valence-corrected chi connectivity index (χ0v) is 29.6. The summed E-state index contributed by atoms with van der Waals surface area (Å²) in [5.41, 5.74) is 17.5. The lowest BCUT2D eigenvalue weighted by molar-refractivity contribution is 0.591. The number of nitrogens with zero attached hydrogens (tertiary/aromatic N) is 1. The van der Waals surface area contributed by atoms with Crippen molar-refractivity contribution in [2.24, 2.45) is 0 Å². The highest BCUT2D eigenvalue weighted by molar-refractivity contribution is 5.86. The van der Waals surface area contributed by atoms with E-state index in [0.717, 1.165) is 11.4 Å². The fraction of sp³-hybridized carbons (Fsp3) is 0.143. The highest BCUT2D eigenvalue weighted by Crippen LogP contribution is 2.50. The monoisotopic (exact) mass is 645 g/mol. The minimum Gasteiger partial charge on any atom is -0.310 e. The molecule has 0 N–H and O–H groups in total. The van der Waals surface area contributed by atoms with Crippen molar-refractivity contribution >= 4 is 17.1 Å². The zero-order chi connectivity index (χ0) is 34.5. The second kappa shape index (κ2) is 12.3. The summed E-state index contributed by atoms with van der Waals surface area (Å²) < 4.78 is 0. The van der Waals surface area contributed by atoms with E-state index in [1.807, 2.05) is 0 Å². The lowest BCUT2D eigenvalue weighted by atomic mass is 9.81. The maximum absolute atomic E-state index is 2.43. The largest absolute Gasteiger partial charge is 0.310 e. The molecule has 8 rings (SSSR count). The molecule has 0 radical (unpaired) electrons. The molecule has 1 aliphatic carbocycles. The minimum absolute atomic E-state index is 0.0279. The number of rotatable bonds is 6. The van der Waals surface area contributed by atoms with Crippen LogP contribution in [0.4, 0.5) is 17.1 Å². The van der Waals surface area contributed by atoms with Crippen LogP contribution in [-0.4, -0.2) is 0 Å². The first-order valence-corrected chi connectivity index (χ1v) is 17.7. The van der Waals surface area contributed by atoms with E-state index >= 15 is 0 Å². The van der Waals surface area contributed by atoms with Crippen molar-refractivity contribution in [3.63, 3.8) is 0 Å². The first-order valence-electron chi connectivity index (χ1n) is 17.7. The molecular weight excluding hydrogens is 603 g/mol. The molecule has 0 saturated heterocycles. The summed E-state index contributed by atoms with van der Waals surface area (Å²) in [5.74, 6) is 0. The standard InChI is InChI=1S/C49H43N/c1-48(2,3)46-33-39(35-16-10-7-11-17-35)25-31-47(46)50(40-26-20-36(21-27-40)34-14-8-6-9-15-34)41-28-22-37(23-29-41)38-24-30-43-42-18-12-13-19-44(42)49(4,5)45(43)32-38/h6-33H,1-5H3. The van der Waals surface area contributed by atoms with Crippen LogP contribution in [0.25, 0.3) is 44.5 Å². The molecule has 1 nitrogen and oxygen atoms in total. The Labute approximate surface area is 297 Å². The zero-order valence-electron chi connectivity index (χ0n) is 29.6. The summed E-state index contributed by atoms with van der Waals surface area (Å²) in [6.45, 7) is 11.6. The van der Waals surface area contributed by atoms with E-state index < -0.39 is 0 Å². The van der Waals surface area contributed by atoms with Crippen molar-refractivity contribution in [1.82, 2.24) is 0 Å². The summed E-state index contributed by atoms with van der Waals surface area (Å²) in [5, 5.41) is 0. The second-order valence-electron chi connectivity index (χ2n) is 15.1. The van der Waals surface area contributed by atoms with Crippen LogP contribution < -0.4 is 4.90 Å². The van der Waals surface area contributed by atoms with E-state index in [-0.39, 0.29) is 10.8 Å². The molecule has 0 spiro atoms. The Balaban J connectivity index is 1.22. The summed E-state index contributed by atoms with van der Waals surface area (Å²) in [7, 11) is 0. The maximum atomic E-state index is 2.43. The number of benzene rings is 7. The Hall–Kier alpha value is -5.66. The first-order chi connectivity index (χ1) is 24.2. The third kappa shape index (κ3) is 5.63. The van der Waals surface area contributed by atoms with Crippen LogP contribution >= 0.6 is 0 Å². The van der Waals surface area contributed by atoms with E-state index in [2.05, 4.69) is 209 Å². The van der Waals surface area contributed by atoms with Crippen molar-refractivity contribution in [2.45, 2.75) is 45.4 Å². The Bertz CT molecular complexity index is 2290. The molecule has 0 aliphatic heterocycles. The van der Waals surface area contributed by atoms with Crippen LogP contribution in [0.5, 0.6) is 0 Å². The molecule has 7 aromatic rings. The predicted molar refractivity (Wildman–Crippen MR) is 214 cm³/mol. The summed E-state index contributed by atoms with van der Waals surface area (Å²) >= 11 is 0. The van der Waals surface area contributed by atoms with Crippen LogP contribution in [0.1, 0.15) is 51.3 Å². The number of anilines is 3. The molecule has 1 aliphatic rings. The topological polar surface area (TPSA) is 3.24 Å². The average Bonchev–Trinajstić information content (AvgIpc) is 3.38. The molecule has 0 bridgehead atoms. The molecule has 244 valence electrons. The molecule has 0 atom stereocenters. The Morgan fingerprint density at radius 2 is 0.840 bits per heavy atom. The van der Waals surface area contributed by atoms with Gasteiger partial charge in [-0.15, -0.1) is 0 Å². The number of hydrogen-bond acceptors (Lipinski definition) is 1. The van der Waals surface area contributed by atoms with Gasteiger partial charge in [-0.05, 0) is 109 Å². The highest BCUT2D eigenvalue weighted by Gasteiger charge is 2.35. The third-order valence-corrected chi connectivity index (χ3v) is 10.4. The molecule has 0 fully saturated rings. The van der Waals surface area contributed by atoms with Gasteiger partial charge in [-0.1, -0.05) is 162 Å². The highest BCUT2D eigenvalue weighted by atomic mass is 15.1. The quantitative estimate of drug-likeness (QED) is 0.174. The third-order valence-electron chi connectivity index (χ3n) is 10.4. The van der Waals surface area contributed by atoms with Crippen molar-refractivity contribution in [1.29, 1.82) is 0 Å². The minimum atomic E-state index is -0.0862. The van der Waals surface area contributed by atoms with Crippen LogP contribution in [0.2, 0.25) is 0 Å². The molecule has 1 heteroatoms. The van der Waals surface area contributed by atoms with E-state index in [1.54, 1.807) is 0 Å². The van der Waals surface area contributed by atoms with Gasteiger partial charge in [0.25, 0.3) is 0 Å². The lowest BCUT2D eigenvalue weighted by Gasteiger charge is -2.32. The molecule has 7 aromatic carbocycles. The van der Waals surface area contributed by atoms with Gasteiger partial charge in [-0.25, -0.2) is 0 Å². The van der Waals surface area contributed by atoms with Crippen molar-refractivity contribution in [3.05, 3.63) is 187 Å². The maximum Gasteiger partial charge on any atom is 0.0499 e. The van der Waals surface area contributed by atoms with Crippen molar-refractivity contribution < 1.29 is 0 Å². The van der Waals surface area contributed by atoms with E-state index in [9.17, 15) is 0 Å². The lowest BCUT2D eigenvalue weighted by Crippen LogP contribution is -2.19. The predicted octanol–water partition coefficient (Wildman–Crippen LogP) is 13.8. The first kappa shape index (κ1) is 31.6.